The van der Waals surface area contributed by atoms with Crippen molar-refractivity contribution in [3.05, 3.63) is 95.9 Å². The highest BCUT2D eigenvalue weighted by Gasteiger charge is 2.15. The molecule has 9 nitrogen and oxygen atoms in total. The third kappa shape index (κ3) is 6.34. The molecule has 3 heterocycles. The summed E-state index contributed by atoms with van der Waals surface area (Å²) in [6, 6.07) is 19.0. The summed E-state index contributed by atoms with van der Waals surface area (Å²) in [6.07, 6.45) is 5.19. The molecule has 0 saturated carbocycles. The Morgan fingerprint density at radius 2 is 1.81 bits per heavy atom. The van der Waals surface area contributed by atoms with Crippen LogP contribution in [0.2, 0.25) is 0 Å². The van der Waals surface area contributed by atoms with Gasteiger partial charge in [0.25, 0.3) is 5.91 Å². The summed E-state index contributed by atoms with van der Waals surface area (Å²) in [6.45, 7) is 5.72. The lowest BCUT2D eigenvalue weighted by molar-refractivity contribution is -0.118. The second kappa shape index (κ2) is 11.3. The largest absolute Gasteiger partial charge is 0.324 e. The first-order valence-electron chi connectivity index (χ1n) is 12.2. The standard InChI is InChI=1S/C28H29N7O2/c1-20-4-9-24(17-26(20)33-28-30-12-10-25(32-28)23-3-2-11-29-18-23)31-27(36)22-7-5-21(6-8-22)19-34-13-15-35(37)16-14-34/h2-12,17-18,37H,13-16,19H2,1H3,(H,31,36)(H,30,32,33). The fourth-order valence-corrected chi connectivity index (χ4v) is 4.17. The fraction of sp³-hybridized carbons (Fsp3) is 0.214. The summed E-state index contributed by atoms with van der Waals surface area (Å²) in [7, 11) is 0. The molecule has 1 saturated heterocycles. The summed E-state index contributed by atoms with van der Waals surface area (Å²) < 4.78 is 0. The van der Waals surface area contributed by atoms with Crippen molar-refractivity contribution in [3.8, 4) is 11.3 Å². The number of anilines is 3. The lowest BCUT2D eigenvalue weighted by Crippen LogP contribution is -2.44. The number of pyridine rings is 1. The molecule has 2 aromatic heterocycles. The molecule has 2 aromatic carbocycles. The predicted octanol–water partition coefficient (Wildman–Crippen LogP) is 4.35. The Hall–Kier alpha value is -4.18. The number of hydrogen-bond acceptors (Lipinski definition) is 8. The van der Waals surface area contributed by atoms with Crippen LogP contribution in [0.5, 0.6) is 0 Å². The van der Waals surface area contributed by atoms with E-state index in [1.807, 2.05) is 67.6 Å². The number of carbonyl (C=O) groups is 1. The van der Waals surface area contributed by atoms with Crippen molar-refractivity contribution >= 4 is 23.2 Å². The molecule has 0 radical (unpaired) electrons. The average Bonchev–Trinajstić information content (AvgIpc) is 2.93. The normalized spacial score (nSPS) is 14.3. The van der Waals surface area contributed by atoms with Gasteiger partial charge in [0.05, 0.1) is 5.69 Å². The van der Waals surface area contributed by atoms with Gasteiger partial charge < -0.3 is 15.8 Å². The van der Waals surface area contributed by atoms with Crippen LogP contribution >= 0.6 is 0 Å². The number of aromatic nitrogens is 3. The highest BCUT2D eigenvalue weighted by molar-refractivity contribution is 6.04. The van der Waals surface area contributed by atoms with Crippen molar-refractivity contribution in [1.82, 2.24) is 24.9 Å². The van der Waals surface area contributed by atoms with E-state index >= 15 is 0 Å². The first-order valence-corrected chi connectivity index (χ1v) is 12.2. The third-order valence-electron chi connectivity index (χ3n) is 6.33. The summed E-state index contributed by atoms with van der Waals surface area (Å²) in [5, 5.41) is 17.1. The average molecular weight is 496 g/mol. The van der Waals surface area contributed by atoms with Crippen molar-refractivity contribution in [2.24, 2.45) is 0 Å². The van der Waals surface area contributed by atoms with E-state index in [4.69, 9.17) is 0 Å². The molecule has 1 amide bonds. The molecule has 0 bridgehead atoms. The van der Waals surface area contributed by atoms with Crippen molar-refractivity contribution < 1.29 is 10.0 Å². The van der Waals surface area contributed by atoms with E-state index in [1.54, 1.807) is 18.6 Å². The number of benzene rings is 2. The minimum absolute atomic E-state index is 0.176. The lowest BCUT2D eigenvalue weighted by Gasteiger charge is -2.31. The second-order valence-electron chi connectivity index (χ2n) is 9.04. The molecule has 3 N–H and O–H groups in total. The minimum Gasteiger partial charge on any atom is -0.324 e. The zero-order valence-electron chi connectivity index (χ0n) is 20.6. The van der Waals surface area contributed by atoms with Crippen molar-refractivity contribution in [2.75, 3.05) is 36.8 Å². The van der Waals surface area contributed by atoms with E-state index < -0.39 is 0 Å². The summed E-state index contributed by atoms with van der Waals surface area (Å²) in [4.78, 5) is 28.3. The number of hydrogen-bond donors (Lipinski definition) is 3. The number of nitrogens with zero attached hydrogens (tertiary/aromatic N) is 5. The van der Waals surface area contributed by atoms with E-state index in [1.165, 1.54) is 5.06 Å². The van der Waals surface area contributed by atoms with Gasteiger partial charge >= 0.3 is 0 Å². The van der Waals surface area contributed by atoms with Crippen LogP contribution in [0.4, 0.5) is 17.3 Å². The number of nitrogens with one attached hydrogen (secondary N) is 2. The van der Waals surface area contributed by atoms with Crippen LogP contribution in [0.15, 0.2) is 79.3 Å². The number of amides is 1. The van der Waals surface area contributed by atoms with E-state index in [2.05, 4.69) is 30.5 Å². The van der Waals surface area contributed by atoms with E-state index in [0.717, 1.165) is 47.7 Å². The highest BCUT2D eigenvalue weighted by atomic mass is 16.5. The van der Waals surface area contributed by atoms with E-state index in [0.29, 0.717) is 30.3 Å². The van der Waals surface area contributed by atoms with Crippen LogP contribution in [-0.2, 0) is 6.54 Å². The Morgan fingerprint density at radius 1 is 1.00 bits per heavy atom. The van der Waals surface area contributed by atoms with Crippen LogP contribution < -0.4 is 10.6 Å². The molecule has 0 unspecified atom stereocenters. The van der Waals surface area contributed by atoms with Crippen LogP contribution in [0.3, 0.4) is 0 Å². The zero-order valence-corrected chi connectivity index (χ0v) is 20.6. The molecule has 1 fully saturated rings. The molecule has 188 valence electrons. The Labute approximate surface area is 215 Å². The van der Waals surface area contributed by atoms with Gasteiger partial charge in [0.2, 0.25) is 5.95 Å². The molecule has 9 heteroatoms. The van der Waals surface area contributed by atoms with E-state index in [9.17, 15) is 10.0 Å². The first-order chi connectivity index (χ1) is 18.0. The summed E-state index contributed by atoms with van der Waals surface area (Å²) in [5.74, 6) is 0.286. The van der Waals surface area contributed by atoms with Crippen molar-refractivity contribution in [2.45, 2.75) is 13.5 Å². The molecule has 4 aromatic rings. The number of carbonyl (C=O) groups excluding carboxylic acids is 1. The SMILES string of the molecule is Cc1ccc(NC(=O)c2ccc(CN3CCN(O)CC3)cc2)cc1Nc1nccc(-c2cccnc2)n1. The maximum absolute atomic E-state index is 12.9. The van der Waals surface area contributed by atoms with Crippen molar-refractivity contribution in [1.29, 1.82) is 0 Å². The van der Waals surface area contributed by atoms with Crippen molar-refractivity contribution in [3.63, 3.8) is 0 Å². The van der Waals surface area contributed by atoms with Gasteiger partial charge in [-0.1, -0.05) is 18.2 Å². The predicted molar refractivity (Wildman–Crippen MR) is 143 cm³/mol. The summed E-state index contributed by atoms with van der Waals surface area (Å²) >= 11 is 0. The van der Waals surface area contributed by atoms with Gasteiger partial charge in [-0.05, 0) is 60.5 Å². The number of piperazine rings is 1. The van der Waals surface area contributed by atoms with Crippen LogP contribution in [0, 0.1) is 6.92 Å². The van der Waals surface area contributed by atoms with E-state index in [-0.39, 0.29) is 5.91 Å². The van der Waals surface area contributed by atoms with Crippen LogP contribution in [-0.4, -0.2) is 62.2 Å². The van der Waals surface area contributed by atoms with Gasteiger partial charge in [-0.15, -0.1) is 0 Å². The minimum atomic E-state index is -0.176. The van der Waals surface area contributed by atoms with Gasteiger partial charge in [-0.3, -0.25) is 14.7 Å². The molecule has 0 spiro atoms. The molecule has 0 atom stereocenters. The second-order valence-corrected chi connectivity index (χ2v) is 9.04. The van der Waals surface area contributed by atoms with Crippen LogP contribution in [0.1, 0.15) is 21.5 Å². The van der Waals surface area contributed by atoms with Gasteiger partial charge in [0, 0.05) is 73.8 Å². The number of aryl methyl sites for hydroxylation is 1. The monoisotopic (exact) mass is 495 g/mol. The smallest absolute Gasteiger partial charge is 0.255 e. The maximum atomic E-state index is 12.9. The van der Waals surface area contributed by atoms with Gasteiger partial charge in [0.1, 0.15) is 0 Å². The summed E-state index contributed by atoms with van der Waals surface area (Å²) in [5.41, 5.74) is 5.88. The number of rotatable bonds is 7. The third-order valence-corrected chi connectivity index (χ3v) is 6.33. The Bertz CT molecular complexity index is 1350. The number of hydroxylamine groups is 2. The van der Waals surface area contributed by atoms with Gasteiger partial charge in [-0.2, -0.15) is 5.06 Å². The van der Waals surface area contributed by atoms with Gasteiger partial charge in [0.15, 0.2) is 0 Å². The van der Waals surface area contributed by atoms with Crippen LogP contribution in [0.25, 0.3) is 11.3 Å². The molecule has 37 heavy (non-hydrogen) atoms. The maximum Gasteiger partial charge on any atom is 0.255 e. The molecule has 1 aliphatic rings. The molecule has 5 rings (SSSR count). The molecular weight excluding hydrogens is 466 g/mol. The Morgan fingerprint density at radius 3 is 2.57 bits per heavy atom. The topological polar surface area (TPSA) is 107 Å². The molecular formula is C28H29N7O2. The fourth-order valence-electron chi connectivity index (χ4n) is 4.17. The highest BCUT2D eigenvalue weighted by Crippen LogP contribution is 2.24. The Balaban J connectivity index is 1.24. The zero-order chi connectivity index (χ0) is 25.6. The Kier molecular flexibility index (Phi) is 7.46. The van der Waals surface area contributed by atoms with Gasteiger partial charge in [-0.25, -0.2) is 9.97 Å². The molecule has 0 aliphatic carbocycles. The quantitative estimate of drug-likeness (QED) is 0.348. The lowest BCUT2D eigenvalue weighted by atomic mass is 10.1. The molecule has 1 aliphatic heterocycles. The first kappa shape index (κ1) is 24.5.